The second-order valence-corrected chi connectivity index (χ2v) is 10.7. The molecule has 0 fully saturated rings. The van der Waals surface area contributed by atoms with Crippen molar-refractivity contribution in [2.45, 2.75) is 0 Å². The second kappa shape index (κ2) is 8.86. The van der Waals surface area contributed by atoms with E-state index in [1.807, 2.05) is 0 Å². The molecule has 5 aromatic carbocycles. The van der Waals surface area contributed by atoms with Crippen LogP contribution in [0.5, 0.6) is 0 Å². The van der Waals surface area contributed by atoms with E-state index < -0.39 is 7.92 Å². The lowest BCUT2D eigenvalue weighted by Crippen LogP contribution is -2.30. The van der Waals surface area contributed by atoms with Gasteiger partial charge in [-0.2, -0.15) is 4.57 Å². The quantitative estimate of drug-likeness (QED) is 0.169. The van der Waals surface area contributed by atoms with Gasteiger partial charge in [-0.25, -0.2) is 0 Å². The first-order valence-corrected chi connectivity index (χ1v) is 13.0. The highest BCUT2D eigenvalue weighted by atomic mass is 31.1. The predicted molar refractivity (Wildman–Crippen MR) is 147 cm³/mol. The molecule has 0 amide bonds. The topological polar surface area (TPSA) is 3.88 Å². The van der Waals surface area contributed by atoms with Crippen LogP contribution in [-0.4, -0.2) is 0 Å². The van der Waals surface area contributed by atoms with E-state index in [1.165, 1.54) is 48.8 Å². The summed E-state index contributed by atoms with van der Waals surface area (Å²) in [6.45, 7) is 0. The van der Waals surface area contributed by atoms with Gasteiger partial charge in [-0.1, -0.05) is 109 Å². The van der Waals surface area contributed by atoms with Crippen molar-refractivity contribution in [1.82, 2.24) is 0 Å². The Kier molecular flexibility index (Phi) is 5.41. The second-order valence-electron chi connectivity index (χ2n) is 8.49. The Morgan fingerprint density at radius 1 is 0.471 bits per heavy atom. The fourth-order valence-corrected chi connectivity index (χ4v) is 7.44. The van der Waals surface area contributed by atoms with Crippen LogP contribution < -0.4 is 20.5 Å². The molecule has 0 spiro atoms. The molecule has 0 saturated heterocycles. The third-order valence-corrected chi connectivity index (χ3v) is 9.01. The maximum Gasteiger partial charge on any atom is 0.213 e. The number of para-hydroxylation sites is 2. The smallest absolute Gasteiger partial charge is 0.194 e. The van der Waals surface area contributed by atoms with E-state index in [9.17, 15) is 0 Å². The van der Waals surface area contributed by atoms with Crippen molar-refractivity contribution in [2.24, 2.45) is 7.05 Å². The zero-order chi connectivity index (χ0) is 22.9. The summed E-state index contributed by atoms with van der Waals surface area (Å²) in [6, 6.07) is 48.5. The van der Waals surface area contributed by atoms with Crippen molar-refractivity contribution < 1.29 is 4.57 Å². The summed E-state index contributed by atoms with van der Waals surface area (Å²) in [5.74, 6) is 0. The van der Waals surface area contributed by atoms with Crippen LogP contribution in [-0.2, 0) is 7.05 Å². The molecule has 0 aliphatic carbocycles. The normalized spacial score (nSPS) is 11.4. The highest BCUT2D eigenvalue weighted by molar-refractivity contribution is 7.80. The van der Waals surface area contributed by atoms with Gasteiger partial charge in [0.25, 0.3) is 0 Å². The summed E-state index contributed by atoms with van der Waals surface area (Å²) in [5.41, 5.74) is 5.12. The number of hydrogen-bond donors (Lipinski definition) is 0. The largest absolute Gasteiger partial charge is 0.213 e. The molecule has 1 heterocycles. The van der Waals surface area contributed by atoms with Crippen LogP contribution in [0.3, 0.4) is 0 Å². The fourth-order valence-electron chi connectivity index (χ4n) is 4.98. The lowest BCUT2D eigenvalue weighted by Gasteiger charge is -2.23. The number of benzene rings is 5. The molecular weight excluding hydrogens is 429 g/mol. The van der Waals surface area contributed by atoms with Crippen molar-refractivity contribution in [3.63, 3.8) is 0 Å². The first-order chi connectivity index (χ1) is 16.8. The molecule has 2 heteroatoms. The number of rotatable bonds is 4. The third kappa shape index (κ3) is 3.50. The number of aromatic nitrogens is 1. The van der Waals surface area contributed by atoms with E-state index in [0.717, 1.165) is 0 Å². The van der Waals surface area contributed by atoms with E-state index in [1.54, 1.807) is 0 Å². The van der Waals surface area contributed by atoms with Crippen molar-refractivity contribution in [3.05, 3.63) is 133 Å². The standard InChI is InChI=1S/C32H25NP/c1-33-29-21-11-8-18-26(29)32(27-19-9-12-22-30(27)33)28-20-10-13-23-31(28)34(24-14-4-2-5-15-24)25-16-6-3-7-17-25/h2-23H,1H3/q+1. The van der Waals surface area contributed by atoms with Crippen LogP contribution in [0.4, 0.5) is 0 Å². The van der Waals surface area contributed by atoms with E-state index in [-0.39, 0.29) is 0 Å². The molecule has 0 unspecified atom stereocenters. The van der Waals surface area contributed by atoms with Crippen molar-refractivity contribution >= 4 is 45.6 Å². The van der Waals surface area contributed by atoms with Crippen molar-refractivity contribution in [3.8, 4) is 11.1 Å². The van der Waals surface area contributed by atoms with Crippen LogP contribution in [0.15, 0.2) is 133 Å². The number of hydrogen-bond acceptors (Lipinski definition) is 0. The molecule has 34 heavy (non-hydrogen) atoms. The van der Waals surface area contributed by atoms with Gasteiger partial charge in [-0.15, -0.1) is 0 Å². The Labute approximate surface area is 201 Å². The first kappa shape index (κ1) is 20.8. The Balaban J connectivity index is 1.72. The Bertz CT molecular complexity index is 1510. The average Bonchev–Trinajstić information content (AvgIpc) is 2.91. The predicted octanol–water partition coefficient (Wildman–Crippen LogP) is 6.24. The molecule has 0 aliphatic heterocycles. The summed E-state index contributed by atoms with van der Waals surface area (Å²) in [7, 11) is 1.45. The molecule has 1 aromatic heterocycles. The summed E-state index contributed by atoms with van der Waals surface area (Å²) >= 11 is 0. The highest BCUT2D eigenvalue weighted by Crippen LogP contribution is 2.40. The summed E-state index contributed by atoms with van der Waals surface area (Å²) in [5, 5.41) is 6.69. The van der Waals surface area contributed by atoms with Crippen LogP contribution in [0.1, 0.15) is 0 Å². The fraction of sp³-hybridized carbons (Fsp3) is 0.0312. The number of nitrogens with zero attached hydrogens (tertiary/aromatic N) is 1. The monoisotopic (exact) mass is 454 g/mol. The van der Waals surface area contributed by atoms with Gasteiger partial charge in [0.1, 0.15) is 7.05 Å². The van der Waals surface area contributed by atoms with Crippen LogP contribution in [0.25, 0.3) is 32.9 Å². The van der Waals surface area contributed by atoms with Crippen LogP contribution in [0.2, 0.25) is 0 Å². The minimum absolute atomic E-state index is 0.716. The molecule has 0 atom stereocenters. The molecule has 0 aliphatic rings. The van der Waals surface area contributed by atoms with Gasteiger partial charge in [0.15, 0.2) is 0 Å². The van der Waals surface area contributed by atoms with E-state index in [4.69, 9.17) is 0 Å². The zero-order valence-electron chi connectivity index (χ0n) is 19.1. The molecule has 1 nitrogen and oxygen atoms in total. The van der Waals surface area contributed by atoms with Gasteiger partial charge in [-0.3, -0.25) is 0 Å². The lowest BCUT2D eigenvalue weighted by atomic mass is 9.95. The molecule has 0 bridgehead atoms. The van der Waals surface area contributed by atoms with E-state index in [0.29, 0.717) is 0 Å². The SMILES string of the molecule is C[n+]1c2ccccc2c(-c2ccccc2P(c2ccccc2)c2ccccc2)c2ccccc21. The zero-order valence-corrected chi connectivity index (χ0v) is 20.0. The van der Waals surface area contributed by atoms with Gasteiger partial charge in [0, 0.05) is 17.7 Å². The number of aryl methyl sites for hydroxylation is 1. The Morgan fingerprint density at radius 2 is 0.912 bits per heavy atom. The first-order valence-electron chi connectivity index (χ1n) is 11.6. The maximum atomic E-state index is 2.33. The molecule has 6 aromatic rings. The summed E-state index contributed by atoms with van der Waals surface area (Å²) in [6.07, 6.45) is 0. The van der Waals surface area contributed by atoms with Gasteiger partial charge >= 0.3 is 0 Å². The Morgan fingerprint density at radius 3 is 1.47 bits per heavy atom. The van der Waals surface area contributed by atoms with Crippen LogP contribution >= 0.6 is 7.92 Å². The van der Waals surface area contributed by atoms with E-state index >= 15 is 0 Å². The lowest BCUT2D eigenvalue weighted by molar-refractivity contribution is -0.617. The molecule has 0 saturated carbocycles. The molecule has 0 radical (unpaired) electrons. The Hall–Kier alpha value is -3.80. The molecule has 6 rings (SSSR count). The summed E-state index contributed by atoms with van der Waals surface area (Å²) < 4.78 is 2.31. The third-order valence-electron chi connectivity index (χ3n) is 6.51. The summed E-state index contributed by atoms with van der Waals surface area (Å²) in [4.78, 5) is 0. The van der Waals surface area contributed by atoms with Crippen molar-refractivity contribution in [2.75, 3.05) is 0 Å². The van der Waals surface area contributed by atoms with Gasteiger partial charge < -0.3 is 0 Å². The molecular formula is C32H25NP+. The molecule has 162 valence electrons. The van der Waals surface area contributed by atoms with Gasteiger partial charge in [0.05, 0.1) is 10.8 Å². The van der Waals surface area contributed by atoms with Gasteiger partial charge in [0.2, 0.25) is 11.0 Å². The highest BCUT2D eigenvalue weighted by Gasteiger charge is 2.24. The number of fused-ring (bicyclic) bond motifs is 2. The molecule has 0 N–H and O–H groups in total. The van der Waals surface area contributed by atoms with Crippen molar-refractivity contribution in [1.29, 1.82) is 0 Å². The maximum absolute atomic E-state index is 2.33. The van der Waals surface area contributed by atoms with Crippen LogP contribution in [0, 0.1) is 0 Å². The van der Waals surface area contributed by atoms with Gasteiger partial charge in [-0.05, 0) is 41.5 Å². The average molecular weight is 455 g/mol. The number of pyridine rings is 1. The van der Waals surface area contributed by atoms with E-state index in [2.05, 4.69) is 145 Å². The minimum Gasteiger partial charge on any atom is -0.194 e. The minimum atomic E-state index is -0.716.